The summed E-state index contributed by atoms with van der Waals surface area (Å²) in [5.41, 5.74) is 0. The van der Waals surface area contributed by atoms with Crippen molar-refractivity contribution in [2.75, 3.05) is 26.3 Å². The standard InChI is InChI=1S/C16H22BrNO5S2/c17-14-4-5-15(24-14)25(20,21)18-8-6-12(7-9-18)16(19)23-11-13-3-1-2-10-22-13/h4-5,12-13H,1-3,6-11H2. The Morgan fingerprint density at radius 2 is 2.04 bits per heavy atom. The maximum absolute atomic E-state index is 12.6. The summed E-state index contributed by atoms with van der Waals surface area (Å²) < 4.78 is 38.7. The minimum absolute atomic E-state index is 0.00967. The van der Waals surface area contributed by atoms with Gasteiger partial charge in [0.2, 0.25) is 0 Å². The van der Waals surface area contributed by atoms with Gasteiger partial charge in [-0.2, -0.15) is 4.31 Å². The first-order valence-corrected chi connectivity index (χ1v) is 11.6. The van der Waals surface area contributed by atoms with Crippen LogP contribution in [-0.4, -0.2) is 51.1 Å². The minimum Gasteiger partial charge on any atom is -0.463 e. The van der Waals surface area contributed by atoms with Crippen LogP contribution in [0.4, 0.5) is 0 Å². The van der Waals surface area contributed by atoms with Crippen molar-refractivity contribution in [3.05, 3.63) is 15.9 Å². The van der Waals surface area contributed by atoms with Gasteiger partial charge in [0.05, 0.1) is 15.8 Å². The van der Waals surface area contributed by atoms with Gasteiger partial charge in [0.15, 0.2) is 0 Å². The van der Waals surface area contributed by atoms with E-state index in [1.807, 2.05) is 0 Å². The lowest BCUT2D eigenvalue weighted by Gasteiger charge is -2.30. The molecule has 2 fully saturated rings. The summed E-state index contributed by atoms with van der Waals surface area (Å²) in [7, 11) is -3.47. The number of piperidine rings is 1. The van der Waals surface area contributed by atoms with Crippen LogP contribution < -0.4 is 0 Å². The molecule has 0 aromatic carbocycles. The zero-order valence-electron chi connectivity index (χ0n) is 13.9. The van der Waals surface area contributed by atoms with E-state index >= 15 is 0 Å². The van der Waals surface area contributed by atoms with Crippen LogP contribution in [0.2, 0.25) is 0 Å². The number of hydrogen-bond acceptors (Lipinski definition) is 6. The summed E-state index contributed by atoms with van der Waals surface area (Å²) in [5, 5.41) is 0. The number of sulfonamides is 1. The van der Waals surface area contributed by atoms with Gasteiger partial charge in [0.1, 0.15) is 10.8 Å². The van der Waals surface area contributed by atoms with Crippen LogP contribution >= 0.6 is 27.3 Å². The minimum atomic E-state index is -3.47. The van der Waals surface area contributed by atoms with Gasteiger partial charge in [-0.1, -0.05) is 0 Å². The summed E-state index contributed by atoms with van der Waals surface area (Å²) >= 11 is 4.49. The van der Waals surface area contributed by atoms with Gasteiger partial charge in [-0.3, -0.25) is 4.79 Å². The van der Waals surface area contributed by atoms with Gasteiger partial charge >= 0.3 is 5.97 Å². The monoisotopic (exact) mass is 451 g/mol. The molecular formula is C16H22BrNO5S2. The highest BCUT2D eigenvalue weighted by molar-refractivity contribution is 9.11. The van der Waals surface area contributed by atoms with Crippen LogP contribution in [0.3, 0.4) is 0 Å². The molecule has 0 saturated carbocycles. The van der Waals surface area contributed by atoms with E-state index in [1.54, 1.807) is 12.1 Å². The van der Waals surface area contributed by atoms with E-state index in [9.17, 15) is 13.2 Å². The maximum Gasteiger partial charge on any atom is 0.309 e. The lowest BCUT2D eigenvalue weighted by molar-refractivity contribution is -0.155. The number of halogens is 1. The summed E-state index contributed by atoms with van der Waals surface area (Å²) in [6, 6.07) is 3.34. The highest BCUT2D eigenvalue weighted by Gasteiger charge is 2.33. The molecule has 2 aliphatic heterocycles. The Kier molecular flexibility index (Phi) is 6.54. The molecule has 25 heavy (non-hydrogen) atoms. The molecule has 1 atom stereocenters. The molecule has 1 unspecified atom stereocenters. The normalized spacial score (nSPS) is 23.5. The number of carbonyl (C=O) groups excluding carboxylic acids is 1. The summed E-state index contributed by atoms with van der Waals surface area (Å²) in [4.78, 5) is 12.2. The van der Waals surface area contributed by atoms with Crippen molar-refractivity contribution in [2.45, 2.75) is 42.4 Å². The van der Waals surface area contributed by atoms with Crippen molar-refractivity contribution < 1.29 is 22.7 Å². The second-order valence-electron chi connectivity index (χ2n) is 6.36. The number of thiophene rings is 1. The van der Waals surface area contributed by atoms with E-state index in [0.29, 0.717) is 36.7 Å². The number of rotatable bonds is 5. The molecule has 2 aliphatic rings. The largest absolute Gasteiger partial charge is 0.463 e. The first-order chi connectivity index (χ1) is 12.0. The Morgan fingerprint density at radius 3 is 2.64 bits per heavy atom. The highest BCUT2D eigenvalue weighted by atomic mass is 79.9. The van der Waals surface area contributed by atoms with E-state index in [0.717, 1.165) is 29.7 Å². The summed E-state index contributed by atoms with van der Waals surface area (Å²) in [6.07, 6.45) is 4.11. The third-order valence-corrected chi connectivity index (χ3v) is 8.61. The molecule has 0 aliphatic carbocycles. The van der Waals surface area contributed by atoms with Crippen molar-refractivity contribution in [2.24, 2.45) is 5.92 Å². The Morgan fingerprint density at radius 1 is 1.28 bits per heavy atom. The lowest BCUT2D eigenvalue weighted by Crippen LogP contribution is -2.40. The van der Waals surface area contributed by atoms with Gasteiger partial charge in [-0.05, 0) is 60.2 Å². The van der Waals surface area contributed by atoms with Crippen molar-refractivity contribution in [3.8, 4) is 0 Å². The molecule has 3 heterocycles. The Hall–Kier alpha value is -0.480. The number of carbonyl (C=O) groups is 1. The highest BCUT2D eigenvalue weighted by Crippen LogP contribution is 2.31. The van der Waals surface area contributed by atoms with Gasteiger partial charge in [0, 0.05) is 19.7 Å². The van der Waals surface area contributed by atoms with Crippen LogP contribution in [0, 0.1) is 5.92 Å². The van der Waals surface area contributed by atoms with Crippen LogP contribution in [0.15, 0.2) is 20.1 Å². The maximum atomic E-state index is 12.6. The molecule has 3 rings (SSSR count). The third-order valence-electron chi connectivity index (χ3n) is 4.62. The fraction of sp³-hybridized carbons (Fsp3) is 0.688. The van der Waals surface area contributed by atoms with Crippen LogP contribution in [0.5, 0.6) is 0 Å². The van der Waals surface area contributed by atoms with E-state index < -0.39 is 10.0 Å². The Labute approximate surface area is 160 Å². The molecule has 140 valence electrons. The Bertz CT molecular complexity index is 691. The number of hydrogen-bond donors (Lipinski definition) is 0. The second-order valence-corrected chi connectivity index (χ2v) is 11.0. The van der Waals surface area contributed by atoms with Crippen LogP contribution in [-0.2, 0) is 24.3 Å². The van der Waals surface area contributed by atoms with Crippen LogP contribution in [0.1, 0.15) is 32.1 Å². The SMILES string of the molecule is O=C(OCC1CCCCO1)C1CCN(S(=O)(=O)c2ccc(Br)s2)CC1. The average Bonchev–Trinajstić information content (AvgIpc) is 3.08. The molecular weight excluding hydrogens is 430 g/mol. The number of nitrogens with zero attached hydrogens (tertiary/aromatic N) is 1. The molecule has 1 aromatic heterocycles. The average molecular weight is 452 g/mol. The van der Waals surface area contributed by atoms with Crippen molar-refractivity contribution >= 4 is 43.3 Å². The molecule has 1 aromatic rings. The molecule has 0 spiro atoms. The summed E-state index contributed by atoms with van der Waals surface area (Å²) in [5.74, 6) is -0.463. The van der Waals surface area contributed by atoms with Gasteiger partial charge in [0.25, 0.3) is 10.0 Å². The van der Waals surface area contributed by atoms with Gasteiger partial charge < -0.3 is 9.47 Å². The fourth-order valence-corrected chi connectivity index (χ4v) is 6.76. The first kappa shape index (κ1) is 19.3. The van der Waals surface area contributed by atoms with Gasteiger partial charge in [-0.25, -0.2) is 8.42 Å². The van der Waals surface area contributed by atoms with E-state index in [2.05, 4.69) is 15.9 Å². The van der Waals surface area contributed by atoms with Crippen molar-refractivity contribution in [1.82, 2.24) is 4.31 Å². The predicted molar refractivity (Wildman–Crippen MR) is 98.1 cm³/mol. The zero-order valence-corrected chi connectivity index (χ0v) is 17.1. The number of esters is 1. The quantitative estimate of drug-likeness (QED) is 0.643. The molecule has 6 nitrogen and oxygen atoms in total. The molecule has 9 heteroatoms. The topological polar surface area (TPSA) is 72.9 Å². The first-order valence-electron chi connectivity index (χ1n) is 8.50. The predicted octanol–water partition coefficient (Wildman–Crippen LogP) is 3.02. The van der Waals surface area contributed by atoms with Crippen LogP contribution in [0.25, 0.3) is 0 Å². The number of ether oxygens (including phenoxy) is 2. The van der Waals surface area contributed by atoms with E-state index in [1.165, 1.54) is 15.6 Å². The third kappa shape index (κ3) is 4.82. The van der Waals surface area contributed by atoms with Crippen molar-refractivity contribution in [3.63, 3.8) is 0 Å². The molecule has 2 saturated heterocycles. The zero-order chi connectivity index (χ0) is 17.9. The van der Waals surface area contributed by atoms with Crippen molar-refractivity contribution in [1.29, 1.82) is 0 Å². The second kappa shape index (κ2) is 8.47. The fourth-order valence-electron chi connectivity index (χ4n) is 3.13. The Balaban J connectivity index is 1.48. The molecule has 0 amide bonds. The van der Waals surface area contributed by atoms with E-state index in [-0.39, 0.29) is 18.0 Å². The lowest BCUT2D eigenvalue weighted by atomic mass is 9.98. The summed E-state index contributed by atoms with van der Waals surface area (Å²) in [6.45, 7) is 1.73. The smallest absolute Gasteiger partial charge is 0.309 e. The van der Waals surface area contributed by atoms with Gasteiger partial charge in [-0.15, -0.1) is 11.3 Å². The molecule has 0 radical (unpaired) electrons. The molecule has 0 bridgehead atoms. The van der Waals surface area contributed by atoms with E-state index in [4.69, 9.17) is 9.47 Å². The molecule has 0 N–H and O–H groups in total.